The Morgan fingerprint density at radius 3 is 2.47 bits per heavy atom. The van der Waals surface area contributed by atoms with Crippen molar-refractivity contribution >= 4 is 11.8 Å². The molecule has 1 aliphatic heterocycles. The van der Waals surface area contributed by atoms with E-state index in [4.69, 9.17) is 9.47 Å². The lowest BCUT2D eigenvalue weighted by Gasteiger charge is -2.27. The lowest BCUT2D eigenvalue weighted by Crippen LogP contribution is -2.51. The number of ether oxygens (including phenoxy) is 2. The number of aryl methyl sites for hydroxylation is 1. The summed E-state index contributed by atoms with van der Waals surface area (Å²) in [6, 6.07) is 3.32. The third-order valence-corrected chi connectivity index (χ3v) is 3.10. The van der Waals surface area contributed by atoms with Gasteiger partial charge in [-0.25, -0.2) is 0 Å². The molecule has 0 saturated carbocycles. The Morgan fingerprint density at radius 1 is 1.16 bits per heavy atom. The van der Waals surface area contributed by atoms with Crippen LogP contribution < -0.4 is 20.1 Å². The molecule has 1 aliphatic rings. The molecule has 1 aromatic rings. The van der Waals surface area contributed by atoms with E-state index in [-0.39, 0.29) is 6.04 Å². The van der Waals surface area contributed by atoms with Gasteiger partial charge in [0, 0.05) is 18.2 Å². The Balaban J connectivity index is 2.39. The zero-order valence-corrected chi connectivity index (χ0v) is 11.1. The van der Waals surface area contributed by atoms with E-state index in [1.54, 1.807) is 20.3 Å². The van der Waals surface area contributed by atoms with Crippen LogP contribution in [0.25, 0.3) is 0 Å². The molecule has 0 radical (unpaired) electrons. The fourth-order valence-electron chi connectivity index (χ4n) is 2.19. The van der Waals surface area contributed by atoms with Crippen LogP contribution in [0.2, 0.25) is 0 Å². The van der Waals surface area contributed by atoms with E-state index in [0.29, 0.717) is 18.0 Å². The summed E-state index contributed by atoms with van der Waals surface area (Å²) in [5, 5.41) is 5.21. The quantitative estimate of drug-likeness (QED) is 0.770. The van der Waals surface area contributed by atoms with Gasteiger partial charge in [-0.05, 0) is 18.6 Å². The Morgan fingerprint density at radius 2 is 1.89 bits per heavy atom. The van der Waals surface area contributed by atoms with E-state index in [1.165, 1.54) is 0 Å². The van der Waals surface area contributed by atoms with Crippen LogP contribution in [0.15, 0.2) is 12.1 Å². The van der Waals surface area contributed by atoms with Crippen LogP contribution in [0.1, 0.15) is 17.2 Å². The van der Waals surface area contributed by atoms with Crippen LogP contribution in [0, 0.1) is 6.92 Å². The Hall–Kier alpha value is -2.24. The zero-order chi connectivity index (χ0) is 14.0. The molecule has 2 rings (SSSR count). The van der Waals surface area contributed by atoms with Gasteiger partial charge in [-0.3, -0.25) is 9.59 Å². The molecule has 1 heterocycles. The maximum atomic E-state index is 11.4. The average Bonchev–Trinajstić information content (AvgIpc) is 2.41. The molecule has 0 aromatic heterocycles. The highest BCUT2D eigenvalue weighted by Crippen LogP contribution is 2.33. The molecule has 19 heavy (non-hydrogen) atoms. The predicted octanol–water partition coefficient (Wildman–Crippen LogP) is 0.299. The van der Waals surface area contributed by atoms with E-state index in [1.807, 2.05) is 13.0 Å². The normalized spacial score (nSPS) is 18.6. The number of rotatable bonds is 3. The van der Waals surface area contributed by atoms with Gasteiger partial charge in [-0.1, -0.05) is 0 Å². The molecule has 1 aromatic carbocycles. The van der Waals surface area contributed by atoms with Crippen molar-refractivity contribution in [2.24, 2.45) is 0 Å². The third-order valence-electron chi connectivity index (χ3n) is 3.10. The average molecular weight is 264 g/mol. The van der Waals surface area contributed by atoms with Crippen LogP contribution >= 0.6 is 0 Å². The smallest absolute Gasteiger partial charge is 0.309 e. The van der Waals surface area contributed by atoms with E-state index in [9.17, 15) is 9.59 Å². The summed E-state index contributed by atoms with van der Waals surface area (Å²) in [6.45, 7) is 2.25. The number of hydrogen-bond donors (Lipinski definition) is 2. The van der Waals surface area contributed by atoms with Crippen molar-refractivity contribution in [3.05, 3.63) is 23.3 Å². The molecule has 1 saturated heterocycles. The Bertz CT molecular complexity index is 528. The first-order valence-electron chi connectivity index (χ1n) is 5.88. The Labute approximate surface area is 111 Å². The second kappa shape index (κ2) is 5.17. The van der Waals surface area contributed by atoms with Gasteiger partial charge in [0.25, 0.3) is 0 Å². The van der Waals surface area contributed by atoms with Gasteiger partial charge >= 0.3 is 11.8 Å². The number of benzene rings is 1. The summed E-state index contributed by atoms with van der Waals surface area (Å²) in [5.41, 5.74) is 1.77. The minimum atomic E-state index is -0.631. The molecule has 2 amide bonds. The fraction of sp³-hybridized carbons (Fsp3) is 0.385. The van der Waals surface area contributed by atoms with Crippen LogP contribution in [-0.4, -0.2) is 32.6 Å². The molecule has 0 bridgehead atoms. The van der Waals surface area contributed by atoms with E-state index >= 15 is 0 Å². The summed E-state index contributed by atoms with van der Waals surface area (Å²) in [4.78, 5) is 22.6. The van der Waals surface area contributed by atoms with Crippen LogP contribution in [0.3, 0.4) is 0 Å². The number of carbonyl (C=O) groups is 2. The molecule has 1 unspecified atom stereocenters. The molecule has 102 valence electrons. The number of piperazine rings is 1. The summed E-state index contributed by atoms with van der Waals surface area (Å²) < 4.78 is 10.5. The van der Waals surface area contributed by atoms with Crippen molar-refractivity contribution in [1.29, 1.82) is 0 Å². The molecule has 0 spiro atoms. The van der Waals surface area contributed by atoms with Gasteiger partial charge in [-0.2, -0.15) is 0 Å². The first-order valence-corrected chi connectivity index (χ1v) is 5.88. The minimum absolute atomic E-state index is 0.300. The lowest BCUT2D eigenvalue weighted by atomic mass is 9.98. The molecule has 6 nitrogen and oxygen atoms in total. The molecular formula is C13H16N2O4. The van der Waals surface area contributed by atoms with Gasteiger partial charge in [0.2, 0.25) is 0 Å². The van der Waals surface area contributed by atoms with Gasteiger partial charge in [0.1, 0.15) is 11.5 Å². The van der Waals surface area contributed by atoms with Gasteiger partial charge in [0.05, 0.1) is 20.3 Å². The highest BCUT2D eigenvalue weighted by molar-refractivity contribution is 6.35. The second-order valence-corrected chi connectivity index (χ2v) is 4.30. The lowest BCUT2D eigenvalue weighted by molar-refractivity contribution is -0.141. The molecule has 6 heteroatoms. The van der Waals surface area contributed by atoms with Crippen molar-refractivity contribution < 1.29 is 19.1 Å². The minimum Gasteiger partial charge on any atom is -0.497 e. The SMILES string of the molecule is COc1cc(C)c(C2CNC(=O)C(=O)N2)c(OC)c1. The number of carbonyl (C=O) groups excluding carboxylic acids is 2. The maximum Gasteiger partial charge on any atom is 0.309 e. The summed E-state index contributed by atoms with van der Waals surface area (Å²) in [7, 11) is 3.14. The number of methoxy groups -OCH3 is 2. The summed E-state index contributed by atoms with van der Waals surface area (Å²) in [6.07, 6.45) is 0. The second-order valence-electron chi connectivity index (χ2n) is 4.30. The standard InChI is InChI=1S/C13H16N2O4/c1-7-4-8(18-2)5-10(19-3)11(7)9-6-14-12(16)13(17)15-9/h4-5,9H,6H2,1-3H3,(H,14,16)(H,15,17). The predicted molar refractivity (Wildman–Crippen MR) is 68.2 cm³/mol. The molecule has 1 atom stereocenters. The van der Waals surface area contributed by atoms with Crippen LogP contribution in [0.5, 0.6) is 11.5 Å². The number of hydrogen-bond acceptors (Lipinski definition) is 4. The highest BCUT2D eigenvalue weighted by Gasteiger charge is 2.29. The third kappa shape index (κ3) is 2.47. The topological polar surface area (TPSA) is 76.7 Å². The fourth-order valence-corrected chi connectivity index (χ4v) is 2.19. The Kier molecular flexibility index (Phi) is 3.59. The first kappa shape index (κ1) is 13.2. The molecular weight excluding hydrogens is 248 g/mol. The van der Waals surface area contributed by atoms with Crippen molar-refractivity contribution in [3.63, 3.8) is 0 Å². The van der Waals surface area contributed by atoms with E-state index < -0.39 is 11.8 Å². The summed E-state index contributed by atoms with van der Waals surface area (Å²) in [5.74, 6) is 0.0671. The monoisotopic (exact) mass is 264 g/mol. The molecule has 0 aliphatic carbocycles. The van der Waals surface area contributed by atoms with Crippen molar-refractivity contribution in [3.8, 4) is 11.5 Å². The first-order chi connectivity index (χ1) is 9.06. The van der Waals surface area contributed by atoms with E-state index in [2.05, 4.69) is 10.6 Å². The van der Waals surface area contributed by atoms with Gasteiger partial charge < -0.3 is 20.1 Å². The number of amides is 2. The largest absolute Gasteiger partial charge is 0.497 e. The molecule has 2 N–H and O–H groups in total. The van der Waals surface area contributed by atoms with Gasteiger partial charge in [0.15, 0.2) is 0 Å². The molecule has 1 fully saturated rings. The van der Waals surface area contributed by atoms with Crippen LogP contribution in [-0.2, 0) is 9.59 Å². The van der Waals surface area contributed by atoms with Crippen LogP contribution in [0.4, 0.5) is 0 Å². The summed E-state index contributed by atoms with van der Waals surface area (Å²) >= 11 is 0. The van der Waals surface area contributed by atoms with Crippen molar-refractivity contribution in [2.45, 2.75) is 13.0 Å². The zero-order valence-electron chi connectivity index (χ0n) is 11.1. The van der Waals surface area contributed by atoms with Crippen molar-refractivity contribution in [1.82, 2.24) is 10.6 Å². The maximum absolute atomic E-state index is 11.4. The van der Waals surface area contributed by atoms with E-state index in [0.717, 1.165) is 11.1 Å². The van der Waals surface area contributed by atoms with Gasteiger partial charge in [-0.15, -0.1) is 0 Å². The van der Waals surface area contributed by atoms with Crippen molar-refractivity contribution in [2.75, 3.05) is 20.8 Å². The number of nitrogens with one attached hydrogen (secondary N) is 2. The highest BCUT2D eigenvalue weighted by atomic mass is 16.5.